The van der Waals surface area contributed by atoms with Gasteiger partial charge in [-0.05, 0) is 13.1 Å². The minimum absolute atomic E-state index is 0. The van der Waals surface area contributed by atoms with Gasteiger partial charge in [-0.2, -0.15) is 0 Å². The summed E-state index contributed by atoms with van der Waals surface area (Å²) in [6, 6.07) is 0. The third kappa shape index (κ3) is 8.82. The molecule has 0 spiro atoms. The fraction of sp³-hybridized carbons (Fsp3) is 1.00. The van der Waals surface area contributed by atoms with Crippen molar-refractivity contribution in [1.82, 2.24) is 5.32 Å². The van der Waals surface area contributed by atoms with Crippen LogP contribution in [0.1, 0.15) is 13.8 Å². The normalized spacial score (nSPS) is 7.00. The number of hydrogen-bond acceptors (Lipinski definition) is 1. The molecule has 0 aromatic rings. The van der Waals surface area contributed by atoms with E-state index in [1.54, 1.807) is 0 Å². The molecule has 0 rings (SSSR count). The van der Waals surface area contributed by atoms with Crippen LogP contribution in [0.3, 0.4) is 0 Å². The predicted octanol–water partition coefficient (Wildman–Crippen LogP) is 0.613. The van der Waals surface area contributed by atoms with Crippen LogP contribution < -0.4 is 5.32 Å². The third-order valence-electron chi connectivity index (χ3n) is 0.500. The summed E-state index contributed by atoms with van der Waals surface area (Å²) in [5, 5.41) is 3.11. The van der Waals surface area contributed by atoms with E-state index in [-0.39, 0.29) is 16.5 Å². The molecule has 0 bridgehead atoms. The Labute approximate surface area is 49.4 Å². The molecule has 0 atom stereocenters. The Bertz CT molecular complexity index is 15.0. The van der Waals surface area contributed by atoms with E-state index in [0.717, 1.165) is 13.1 Å². The zero-order valence-electron chi connectivity index (χ0n) is 4.23. The van der Waals surface area contributed by atoms with Crippen LogP contribution in [0, 0.1) is 0 Å². The molecule has 1 nitrogen and oxygen atoms in total. The Morgan fingerprint density at radius 3 is 1.50 bits per heavy atom. The molecule has 0 aliphatic carbocycles. The summed E-state index contributed by atoms with van der Waals surface area (Å²) in [7, 11) is 0. The molecule has 0 aromatic heterocycles. The van der Waals surface area contributed by atoms with Gasteiger partial charge in [-0.1, -0.05) is 13.8 Å². The van der Waals surface area contributed by atoms with Crippen molar-refractivity contribution in [2.45, 2.75) is 13.8 Å². The Balaban J connectivity index is 0. The molecule has 0 heterocycles. The monoisotopic (exact) mass is 131 g/mol. The van der Waals surface area contributed by atoms with E-state index >= 15 is 0 Å². The van der Waals surface area contributed by atoms with Crippen LogP contribution in [0.15, 0.2) is 0 Å². The van der Waals surface area contributed by atoms with Crippen LogP contribution in [-0.2, 0) is 16.5 Å². The first-order valence-corrected chi connectivity index (χ1v) is 2.12. The van der Waals surface area contributed by atoms with Crippen molar-refractivity contribution < 1.29 is 16.5 Å². The predicted molar refractivity (Wildman–Crippen MR) is 24.2 cm³/mol. The summed E-state index contributed by atoms with van der Waals surface area (Å²) >= 11 is 0. The zero-order valence-corrected chi connectivity index (χ0v) is 5.22. The maximum atomic E-state index is 3.11. The largest absolute Gasteiger partial charge is 0.317 e. The Morgan fingerprint density at radius 2 is 1.50 bits per heavy atom. The van der Waals surface area contributed by atoms with Crippen LogP contribution in [0.5, 0.6) is 0 Å². The second kappa shape index (κ2) is 9.07. The van der Waals surface area contributed by atoms with E-state index in [1.165, 1.54) is 0 Å². The molecule has 2 heteroatoms. The van der Waals surface area contributed by atoms with E-state index in [0.29, 0.717) is 0 Å². The van der Waals surface area contributed by atoms with Crippen LogP contribution in [0.25, 0.3) is 0 Å². The van der Waals surface area contributed by atoms with Crippen LogP contribution in [-0.4, -0.2) is 13.1 Å². The number of hydrogen-bond donors (Lipinski definition) is 1. The Hall–Kier alpha value is 0.454. The van der Waals surface area contributed by atoms with Crippen molar-refractivity contribution in [3.8, 4) is 0 Å². The Kier molecular flexibility index (Phi) is 14.6. The number of rotatable bonds is 2. The van der Waals surface area contributed by atoms with Crippen molar-refractivity contribution in [2.75, 3.05) is 13.1 Å². The first-order chi connectivity index (χ1) is 2.41. The van der Waals surface area contributed by atoms with Gasteiger partial charge in [0.2, 0.25) is 0 Å². The van der Waals surface area contributed by atoms with Crippen LogP contribution >= 0.6 is 0 Å². The average Bonchev–Trinajstić information content (AvgIpc) is 1.41. The van der Waals surface area contributed by atoms with E-state index in [4.69, 9.17) is 0 Å². The molecule has 0 aromatic carbocycles. The molecule has 0 aliphatic rings. The SMILES string of the molecule is CCNCC.[Ni]. The maximum Gasteiger partial charge on any atom is 0 e. The van der Waals surface area contributed by atoms with Gasteiger partial charge in [-0.15, -0.1) is 0 Å². The standard InChI is InChI=1S/C4H11N.Ni/c1-3-5-4-2;/h5H,3-4H2,1-2H3;. The molecule has 0 radical (unpaired) electrons. The fourth-order valence-corrected chi connectivity index (χ4v) is 0.250. The Morgan fingerprint density at radius 1 is 1.17 bits per heavy atom. The summed E-state index contributed by atoms with van der Waals surface area (Å²) in [6.45, 7) is 6.39. The fourth-order valence-electron chi connectivity index (χ4n) is 0.250. The van der Waals surface area contributed by atoms with Crippen molar-refractivity contribution in [3.05, 3.63) is 0 Å². The summed E-state index contributed by atoms with van der Waals surface area (Å²) in [5.74, 6) is 0. The van der Waals surface area contributed by atoms with Gasteiger partial charge in [-0.25, -0.2) is 0 Å². The quantitative estimate of drug-likeness (QED) is 0.542. The van der Waals surface area contributed by atoms with Gasteiger partial charge >= 0.3 is 0 Å². The smallest absolute Gasteiger partial charge is 0 e. The summed E-state index contributed by atoms with van der Waals surface area (Å²) in [4.78, 5) is 0. The number of nitrogens with one attached hydrogen (secondary N) is 1. The average molecular weight is 132 g/mol. The molecule has 1 N–H and O–H groups in total. The molecule has 0 saturated heterocycles. The molecule has 0 saturated carbocycles. The van der Waals surface area contributed by atoms with Crippen molar-refractivity contribution in [2.24, 2.45) is 0 Å². The summed E-state index contributed by atoms with van der Waals surface area (Å²) in [6.07, 6.45) is 0. The minimum atomic E-state index is 0. The van der Waals surface area contributed by atoms with E-state index < -0.39 is 0 Å². The van der Waals surface area contributed by atoms with Gasteiger partial charge in [0.15, 0.2) is 0 Å². The minimum Gasteiger partial charge on any atom is -0.317 e. The molecule has 42 valence electrons. The van der Waals surface area contributed by atoms with Gasteiger partial charge in [-0.3, -0.25) is 0 Å². The van der Waals surface area contributed by atoms with E-state index in [9.17, 15) is 0 Å². The van der Waals surface area contributed by atoms with Gasteiger partial charge < -0.3 is 5.32 Å². The van der Waals surface area contributed by atoms with E-state index in [1.807, 2.05) is 0 Å². The van der Waals surface area contributed by atoms with Gasteiger partial charge in [0, 0.05) is 16.5 Å². The van der Waals surface area contributed by atoms with Gasteiger partial charge in [0.1, 0.15) is 0 Å². The van der Waals surface area contributed by atoms with Crippen molar-refractivity contribution in [1.29, 1.82) is 0 Å². The second-order valence-corrected chi connectivity index (χ2v) is 0.957. The molecular formula is C4H11NNi. The zero-order chi connectivity index (χ0) is 4.12. The first-order valence-electron chi connectivity index (χ1n) is 2.12. The summed E-state index contributed by atoms with van der Waals surface area (Å²) in [5.41, 5.74) is 0. The second-order valence-electron chi connectivity index (χ2n) is 0.957. The maximum absolute atomic E-state index is 3.11. The van der Waals surface area contributed by atoms with Gasteiger partial charge in [0.25, 0.3) is 0 Å². The first kappa shape index (κ1) is 9.68. The van der Waals surface area contributed by atoms with Crippen LogP contribution in [0.4, 0.5) is 0 Å². The molecule has 0 fully saturated rings. The summed E-state index contributed by atoms with van der Waals surface area (Å²) < 4.78 is 0. The molecule has 6 heavy (non-hydrogen) atoms. The molecular weight excluding hydrogens is 121 g/mol. The van der Waals surface area contributed by atoms with Crippen molar-refractivity contribution >= 4 is 0 Å². The topological polar surface area (TPSA) is 12.0 Å². The van der Waals surface area contributed by atoms with Crippen molar-refractivity contribution in [3.63, 3.8) is 0 Å². The van der Waals surface area contributed by atoms with E-state index in [2.05, 4.69) is 19.2 Å². The molecule has 0 aliphatic heterocycles. The van der Waals surface area contributed by atoms with Crippen LogP contribution in [0.2, 0.25) is 0 Å². The molecule has 0 unspecified atom stereocenters. The molecule has 0 amide bonds. The van der Waals surface area contributed by atoms with Gasteiger partial charge in [0.05, 0.1) is 0 Å². The third-order valence-corrected chi connectivity index (χ3v) is 0.500.